The van der Waals surface area contributed by atoms with Crippen molar-refractivity contribution in [2.75, 3.05) is 7.11 Å². The monoisotopic (exact) mass is 236 g/mol. The fourth-order valence-electron chi connectivity index (χ4n) is 2.13. The molecule has 0 saturated carbocycles. The molecule has 0 heterocycles. The molecule has 0 aliphatic rings. The molecule has 2 heteroatoms. The summed E-state index contributed by atoms with van der Waals surface area (Å²) in [4.78, 5) is 0. The average Bonchev–Trinajstić information content (AvgIpc) is 2.28. The molecule has 0 amide bonds. The Bertz CT molecular complexity index is 352. The quantitative estimate of drug-likeness (QED) is 0.868. The predicted molar refractivity (Wildman–Crippen MR) is 71.0 cm³/mol. The van der Waals surface area contributed by atoms with Gasteiger partial charge in [0.15, 0.2) is 0 Å². The second kappa shape index (κ2) is 5.65. The number of rotatable bonds is 4. The van der Waals surface area contributed by atoms with E-state index in [-0.39, 0.29) is 11.5 Å². The molecule has 1 aromatic rings. The van der Waals surface area contributed by atoms with Gasteiger partial charge in [-0.1, -0.05) is 52.0 Å². The Hall–Kier alpha value is -0.860. The molecule has 0 aromatic heterocycles. The van der Waals surface area contributed by atoms with Crippen LogP contribution in [0, 0.1) is 5.41 Å². The van der Waals surface area contributed by atoms with Crippen molar-refractivity contribution in [3.8, 4) is 0 Å². The molecule has 0 radical (unpaired) electrons. The minimum Gasteiger partial charge on any atom is -0.386 e. The van der Waals surface area contributed by atoms with Crippen molar-refractivity contribution < 1.29 is 9.84 Å². The number of ether oxygens (including phenoxy) is 1. The fourth-order valence-corrected chi connectivity index (χ4v) is 2.13. The van der Waals surface area contributed by atoms with Crippen LogP contribution in [0.2, 0.25) is 0 Å². The lowest BCUT2D eigenvalue weighted by Crippen LogP contribution is -2.34. The summed E-state index contributed by atoms with van der Waals surface area (Å²) in [5.74, 6) is 0. The van der Waals surface area contributed by atoms with Crippen molar-refractivity contribution in [1.82, 2.24) is 0 Å². The van der Waals surface area contributed by atoms with E-state index in [0.717, 1.165) is 12.0 Å². The van der Waals surface area contributed by atoms with Gasteiger partial charge < -0.3 is 9.84 Å². The van der Waals surface area contributed by atoms with E-state index in [0.29, 0.717) is 0 Å². The van der Waals surface area contributed by atoms with Crippen molar-refractivity contribution in [3.05, 3.63) is 35.4 Å². The van der Waals surface area contributed by atoms with E-state index in [1.807, 2.05) is 12.1 Å². The van der Waals surface area contributed by atoms with Gasteiger partial charge in [-0.2, -0.15) is 0 Å². The first kappa shape index (κ1) is 14.2. The molecule has 0 saturated heterocycles. The first-order valence-electron chi connectivity index (χ1n) is 6.19. The zero-order valence-electron chi connectivity index (χ0n) is 11.5. The van der Waals surface area contributed by atoms with Crippen LogP contribution in [-0.4, -0.2) is 18.3 Å². The maximum absolute atomic E-state index is 10.4. The smallest absolute Gasteiger partial charge is 0.106 e. The highest BCUT2D eigenvalue weighted by molar-refractivity contribution is 5.26. The van der Waals surface area contributed by atoms with Crippen molar-refractivity contribution in [2.45, 2.75) is 46.3 Å². The lowest BCUT2D eigenvalue weighted by Gasteiger charge is -2.33. The lowest BCUT2D eigenvalue weighted by molar-refractivity contribution is -0.0724. The molecule has 0 bridgehead atoms. The van der Waals surface area contributed by atoms with Gasteiger partial charge in [-0.3, -0.25) is 0 Å². The van der Waals surface area contributed by atoms with E-state index >= 15 is 0 Å². The third kappa shape index (κ3) is 3.55. The summed E-state index contributed by atoms with van der Waals surface area (Å²) in [6.07, 6.45) is 0.203. The van der Waals surface area contributed by atoms with Crippen molar-refractivity contribution in [2.24, 2.45) is 5.41 Å². The summed E-state index contributed by atoms with van der Waals surface area (Å²) >= 11 is 0. The van der Waals surface area contributed by atoms with Crippen molar-refractivity contribution >= 4 is 0 Å². The summed E-state index contributed by atoms with van der Waals surface area (Å²) in [5.41, 5.74) is 2.09. The number of aliphatic hydroxyl groups is 1. The molecule has 2 unspecified atom stereocenters. The molecule has 2 nitrogen and oxygen atoms in total. The van der Waals surface area contributed by atoms with Gasteiger partial charge >= 0.3 is 0 Å². The summed E-state index contributed by atoms with van der Waals surface area (Å²) in [6.45, 7) is 8.35. The van der Waals surface area contributed by atoms with Crippen LogP contribution in [0.15, 0.2) is 24.3 Å². The molecular weight excluding hydrogens is 212 g/mol. The van der Waals surface area contributed by atoms with Gasteiger partial charge in [-0.15, -0.1) is 0 Å². The van der Waals surface area contributed by atoms with Gasteiger partial charge in [0.25, 0.3) is 0 Å². The van der Waals surface area contributed by atoms with E-state index in [4.69, 9.17) is 4.74 Å². The first-order valence-corrected chi connectivity index (χ1v) is 6.19. The van der Waals surface area contributed by atoms with Crippen LogP contribution in [0.4, 0.5) is 0 Å². The number of benzene rings is 1. The highest BCUT2D eigenvalue weighted by Crippen LogP contribution is 2.32. The number of hydrogen-bond donors (Lipinski definition) is 1. The number of aryl methyl sites for hydroxylation is 1. The first-order chi connectivity index (χ1) is 7.90. The van der Waals surface area contributed by atoms with E-state index in [1.165, 1.54) is 5.56 Å². The highest BCUT2D eigenvalue weighted by Gasteiger charge is 2.32. The minimum absolute atomic E-state index is 0.0869. The van der Waals surface area contributed by atoms with Gasteiger partial charge in [0, 0.05) is 7.11 Å². The van der Waals surface area contributed by atoms with Gasteiger partial charge in [-0.25, -0.2) is 0 Å². The van der Waals surface area contributed by atoms with E-state index in [2.05, 4.69) is 39.8 Å². The number of aliphatic hydroxyl groups excluding tert-OH is 1. The molecule has 2 atom stereocenters. The zero-order valence-corrected chi connectivity index (χ0v) is 11.5. The van der Waals surface area contributed by atoms with Crippen LogP contribution < -0.4 is 0 Å². The zero-order chi connectivity index (χ0) is 13.1. The SMILES string of the molecule is CCc1cccc(C(O)C(OC)C(C)(C)C)c1. The molecule has 17 heavy (non-hydrogen) atoms. The Kier molecular flexibility index (Phi) is 4.72. The number of methoxy groups -OCH3 is 1. The van der Waals surface area contributed by atoms with E-state index in [9.17, 15) is 5.11 Å². The summed E-state index contributed by atoms with van der Waals surface area (Å²) in [7, 11) is 1.66. The molecule has 96 valence electrons. The molecule has 1 aromatic carbocycles. The third-order valence-corrected chi connectivity index (χ3v) is 3.10. The molecular formula is C15H24O2. The van der Waals surface area contributed by atoms with Crippen molar-refractivity contribution in [3.63, 3.8) is 0 Å². The molecule has 0 aliphatic heterocycles. The van der Waals surface area contributed by atoms with Crippen molar-refractivity contribution in [1.29, 1.82) is 0 Å². The Balaban J connectivity index is 2.97. The third-order valence-electron chi connectivity index (χ3n) is 3.10. The maximum Gasteiger partial charge on any atom is 0.106 e. The average molecular weight is 236 g/mol. The fraction of sp³-hybridized carbons (Fsp3) is 0.600. The van der Waals surface area contributed by atoms with E-state index in [1.54, 1.807) is 7.11 Å². The second-order valence-electron chi connectivity index (χ2n) is 5.57. The Morgan fingerprint density at radius 2 is 1.94 bits per heavy atom. The number of hydrogen-bond acceptors (Lipinski definition) is 2. The van der Waals surface area contributed by atoms with Gasteiger partial charge in [-0.05, 0) is 23.0 Å². The highest BCUT2D eigenvalue weighted by atomic mass is 16.5. The van der Waals surface area contributed by atoms with Crippen LogP contribution in [0.25, 0.3) is 0 Å². The minimum atomic E-state index is -0.577. The summed E-state index contributed by atoms with van der Waals surface area (Å²) in [6, 6.07) is 8.09. The van der Waals surface area contributed by atoms with Crippen LogP contribution >= 0.6 is 0 Å². The lowest BCUT2D eigenvalue weighted by atomic mass is 9.83. The molecule has 0 spiro atoms. The normalized spacial score (nSPS) is 15.6. The van der Waals surface area contributed by atoms with Crippen LogP contribution in [0.5, 0.6) is 0 Å². The van der Waals surface area contributed by atoms with E-state index < -0.39 is 6.10 Å². The Morgan fingerprint density at radius 1 is 1.29 bits per heavy atom. The predicted octanol–water partition coefficient (Wildman–Crippen LogP) is 3.34. The Labute approximate surface area is 105 Å². The maximum atomic E-state index is 10.4. The topological polar surface area (TPSA) is 29.5 Å². The van der Waals surface area contributed by atoms with Crippen LogP contribution in [-0.2, 0) is 11.2 Å². The molecule has 0 fully saturated rings. The summed E-state index contributed by atoms with van der Waals surface area (Å²) < 4.78 is 5.45. The Morgan fingerprint density at radius 3 is 2.41 bits per heavy atom. The summed E-state index contributed by atoms with van der Waals surface area (Å²) in [5, 5.41) is 10.4. The second-order valence-corrected chi connectivity index (χ2v) is 5.57. The standard InChI is InChI=1S/C15H24O2/c1-6-11-8-7-9-12(10-11)13(16)14(17-5)15(2,3)4/h7-10,13-14,16H,6H2,1-5H3. The van der Waals surface area contributed by atoms with Gasteiger partial charge in [0.1, 0.15) is 6.10 Å². The molecule has 1 rings (SSSR count). The largest absolute Gasteiger partial charge is 0.386 e. The molecule has 1 N–H and O–H groups in total. The van der Waals surface area contributed by atoms with Crippen LogP contribution in [0.3, 0.4) is 0 Å². The van der Waals surface area contributed by atoms with Crippen LogP contribution in [0.1, 0.15) is 44.9 Å². The van der Waals surface area contributed by atoms with Gasteiger partial charge in [0.05, 0.1) is 6.10 Å². The molecule has 0 aliphatic carbocycles. The van der Waals surface area contributed by atoms with Gasteiger partial charge in [0.2, 0.25) is 0 Å².